The summed E-state index contributed by atoms with van der Waals surface area (Å²) in [6.45, 7) is 2.13. The van der Waals surface area contributed by atoms with Crippen LogP contribution in [0.4, 0.5) is 11.4 Å². The first-order valence-corrected chi connectivity index (χ1v) is 9.91. The fraction of sp³-hybridized carbons (Fsp3) is 0.211. The van der Waals surface area contributed by atoms with Crippen molar-refractivity contribution in [2.45, 2.75) is 19.8 Å². The zero-order chi connectivity index (χ0) is 18.3. The van der Waals surface area contributed by atoms with Gasteiger partial charge in [0.2, 0.25) is 15.9 Å². The smallest absolute Gasteiger partial charge is 0.248 e. The Morgan fingerprint density at radius 2 is 1.60 bits per heavy atom. The number of carbonyl (C=O) groups excluding carboxylic acids is 1. The number of amides is 1. The first kappa shape index (κ1) is 18.7. The van der Waals surface area contributed by atoms with Crippen LogP contribution in [0.25, 0.3) is 6.08 Å². The van der Waals surface area contributed by atoms with Crippen molar-refractivity contribution in [2.75, 3.05) is 16.3 Å². The van der Waals surface area contributed by atoms with Gasteiger partial charge >= 0.3 is 0 Å². The average molecular weight is 358 g/mol. The molecule has 0 saturated heterocycles. The molecule has 0 bridgehead atoms. The van der Waals surface area contributed by atoms with Gasteiger partial charge in [0.15, 0.2) is 0 Å². The molecule has 2 aromatic carbocycles. The van der Waals surface area contributed by atoms with Gasteiger partial charge in [0.25, 0.3) is 0 Å². The van der Waals surface area contributed by atoms with E-state index in [4.69, 9.17) is 0 Å². The molecular formula is C19H22N2O3S. The van der Waals surface area contributed by atoms with Crippen LogP contribution in [0.1, 0.15) is 24.5 Å². The van der Waals surface area contributed by atoms with Crippen molar-refractivity contribution < 1.29 is 13.2 Å². The Labute approximate surface area is 148 Å². The topological polar surface area (TPSA) is 75.3 Å². The van der Waals surface area contributed by atoms with Crippen LogP contribution in [0.15, 0.2) is 54.6 Å². The Morgan fingerprint density at radius 1 is 1.00 bits per heavy atom. The van der Waals surface area contributed by atoms with Crippen LogP contribution in [0.5, 0.6) is 0 Å². The maximum absolute atomic E-state index is 12.0. The summed E-state index contributed by atoms with van der Waals surface area (Å²) in [6, 6.07) is 14.6. The molecule has 2 aromatic rings. The fourth-order valence-corrected chi connectivity index (χ4v) is 2.84. The van der Waals surface area contributed by atoms with Crippen molar-refractivity contribution in [3.63, 3.8) is 0 Å². The molecule has 1 amide bonds. The van der Waals surface area contributed by atoms with Gasteiger partial charge < -0.3 is 5.32 Å². The Hall–Kier alpha value is -2.60. The van der Waals surface area contributed by atoms with Crippen LogP contribution in [0.3, 0.4) is 0 Å². The summed E-state index contributed by atoms with van der Waals surface area (Å²) in [6.07, 6.45) is 6.33. The lowest BCUT2D eigenvalue weighted by Crippen LogP contribution is -2.09. The summed E-state index contributed by atoms with van der Waals surface area (Å²) in [7, 11) is -3.29. The minimum atomic E-state index is -3.29. The van der Waals surface area contributed by atoms with Gasteiger partial charge in [-0.15, -0.1) is 0 Å². The Balaban J connectivity index is 1.93. The van der Waals surface area contributed by atoms with E-state index in [1.54, 1.807) is 30.3 Å². The lowest BCUT2D eigenvalue weighted by atomic mass is 10.1. The highest BCUT2D eigenvalue weighted by Gasteiger charge is 2.01. The third-order valence-electron chi connectivity index (χ3n) is 3.40. The van der Waals surface area contributed by atoms with Crippen LogP contribution in [-0.2, 0) is 21.2 Å². The molecule has 0 aliphatic heterocycles. The van der Waals surface area contributed by atoms with E-state index in [9.17, 15) is 13.2 Å². The molecule has 0 aliphatic carbocycles. The number of hydrogen-bond acceptors (Lipinski definition) is 3. The standard InChI is InChI=1S/C19H22N2O3S/c1-3-4-15-5-10-17(11-6-15)20-19(22)14-9-16-7-12-18(13-8-16)21-25(2,23)24/h5-14,21H,3-4H2,1-2H3,(H,20,22)/b14-9+. The zero-order valence-electron chi connectivity index (χ0n) is 14.3. The van der Waals surface area contributed by atoms with E-state index in [1.165, 1.54) is 11.6 Å². The molecule has 0 heterocycles. The summed E-state index contributed by atoms with van der Waals surface area (Å²) in [5.74, 6) is -0.221. The predicted octanol–water partition coefficient (Wildman–Crippen LogP) is 3.66. The number of benzene rings is 2. The van der Waals surface area contributed by atoms with E-state index in [0.29, 0.717) is 5.69 Å². The molecule has 0 spiro atoms. The molecule has 0 fully saturated rings. The van der Waals surface area contributed by atoms with E-state index in [2.05, 4.69) is 17.0 Å². The minimum Gasteiger partial charge on any atom is -0.323 e. The molecule has 2 N–H and O–H groups in total. The number of anilines is 2. The molecular weight excluding hydrogens is 336 g/mol. The summed E-state index contributed by atoms with van der Waals surface area (Å²) in [5, 5.41) is 2.81. The molecule has 132 valence electrons. The monoisotopic (exact) mass is 358 g/mol. The van der Waals surface area contributed by atoms with Crippen LogP contribution >= 0.6 is 0 Å². The van der Waals surface area contributed by atoms with Crippen molar-refractivity contribution in [3.8, 4) is 0 Å². The first-order valence-electron chi connectivity index (χ1n) is 8.01. The van der Waals surface area contributed by atoms with Gasteiger partial charge in [-0.05, 0) is 47.9 Å². The van der Waals surface area contributed by atoms with Crippen LogP contribution in [0.2, 0.25) is 0 Å². The molecule has 0 radical (unpaired) electrons. The number of nitrogens with one attached hydrogen (secondary N) is 2. The van der Waals surface area contributed by atoms with E-state index < -0.39 is 10.0 Å². The normalized spacial score (nSPS) is 11.4. The highest BCUT2D eigenvalue weighted by atomic mass is 32.2. The fourth-order valence-electron chi connectivity index (χ4n) is 2.28. The first-order chi connectivity index (χ1) is 11.9. The van der Waals surface area contributed by atoms with Gasteiger partial charge in [-0.2, -0.15) is 0 Å². The second-order valence-electron chi connectivity index (χ2n) is 5.77. The summed E-state index contributed by atoms with van der Waals surface area (Å²) >= 11 is 0. The number of aryl methyl sites for hydroxylation is 1. The van der Waals surface area contributed by atoms with Crippen LogP contribution in [-0.4, -0.2) is 20.6 Å². The molecule has 25 heavy (non-hydrogen) atoms. The van der Waals surface area contributed by atoms with Crippen molar-refractivity contribution >= 4 is 33.4 Å². The molecule has 6 heteroatoms. The highest BCUT2D eigenvalue weighted by molar-refractivity contribution is 7.92. The molecule has 5 nitrogen and oxygen atoms in total. The van der Waals surface area contributed by atoms with Crippen molar-refractivity contribution in [1.29, 1.82) is 0 Å². The van der Waals surface area contributed by atoms with Crippen molar-refractivity contribution in [2.24, 2.45) is 0 Å². The molecule has 0 saturated carbocycles. The molecule has 0 atom stereocenters. The van der Waals surface area contributed by atoms with Gasteiger partial charge in [-0.3, -0.25) is 9.52 Å². The third kappa shape index (κ3) is 6.81. The second-order valence-corrected chi connectivity index (χ2v) is 7.51. The predicted molar refractivity (Wildman–Crippen MR) is 103 cm³/mol. The van der Waals surface area contributed by atoms with E-state index in [1.807, 2.05) is 24.3 Å². The Kier molecular flexibility index (Phi) is 6.36. The highest BCUT2D eigenvalue weighted by Crippen LogP contribution is 2.13. The van der Waals surface area contributed by atoms with E-state index in [0.717, 1.165) is 30.3 Å². The summed E-state index contributed by atoms with van der Waals surface area (Å²) in [4.78, 5) is 12.0. The van der Waals surface area contributed by atoms with E-state index in [-0.39, 0.29) is 5.91 Å². The van der Waals surface area contributed by atoms with Gasteiger partial charge in [-0.25, -0.2) is 8.42 Å². The third-order valence-corrected chi connectivity index (χ3v) is 4.01. The zero-order valence-corrected chi connectivity index (χ0v) is 15.1. The maximum atomic E-state index is 12.0. The van der Waals surface area contributed by atoms with Gasteiger partial charge in [0.05, 0.1) is 6.26 Å². The minimum absolute atomic E-state index is 0.221. The van der Waals surface area contributed by atoms with Gasteiger partial charge in [-0.1, -0.05) is 37.6 Å². The summed E-state index contributed by atoms with van der Waals surface area (Å²) < 4.78 is 24.7. The lowest BCUT2D eigenvalue weighted by Gasteiger charge is -2.04. The average Bonchev–Trinajstić information content (AvgIpc) is 2.55. The largest absolute Gasteiger partial charge is 0.323 e. The number of rotatable bonds is 7. The maximum Gasteiger partial charge on any atom is 0.248 e. The Morgan fingerprint density at radius 3 is 2.16 bits per heavy atom. The number of hydrogen-bond donors (Lipinski definition) is 2. The van der Waals surface area contributed by atoms with E-state index >= 15 is 0 Å². The van der Waals surface area contributed by atoms with Gasteiger partial charge in [0.1, 0.15) is 0 Å². The molecule has 0 aliphatic rings. The lowest BCUT2D eigenvalue weighted by molar-refractivity contribution is -0.111. The molecule has 2 rings (SSSR count). The van der Waals surface area contributed by atoms with Crippen LogP contribution < -0.4 is 10.0 Å². The van der Waals surface area contributed by atoms with Crippen molar-refractivity contribution in [3.05, 3.63) is 65.7 Å². The van der Waals surface area contributed by atoms with Gasteiger partial charge in [0, 0.05) is 17.5 Å². The SMILES string of the molecule is CCCc1ccc(NC(=O)/C=C/c2ccc(NS(C)(=O)=O)cc2)cc1. The summed E-state index contributed by atoms with van der Waals surface area (Å²) in [5.41, 5.74) is 3.28. The van der Waals surface area contributed by atoms with Crippen molar-refractivity contribution in [1.82, 2.24) is 0 Å². The van der Waals surface area contributed by atoms with Crippen LogP contribution in [0, 0.1) is 0 Å². The molecule has 0 aromatic heterocycles. The quantitative estimate of drug-likeness (QED) is 0.742. The second kappa shape index (κ2) is 8.48. The molecule has 0 unspecified atom stereocenters. The number of carbonyl (C=O) groups is 1. The number of sulfonamides is 1. The Bertz CT molecular complexity index is 839.